The Balaban J connectivity index is 1.80. The number of hydrogen-bond donors (Lipinski definition) is 1. The summed E-state index contributed by atoms with van der Waals surface area (Å²) in [7, 11) is 2.09. The van der Waals surface area contributed by atoms with Crippen molar-refractivity contribution < 1.29 is 4.79 Å². The van der Waals surface area contributed by atoms with Gasteiger partial charge in [-0.2, -0.15) is 0 Å². The molecule has 1 amide bonds. The molecule has 1 fully saturated rings. The zero-order chi connectivity index (χ0) is 16.1. The predicted molar refractivity (Wildman–Crippen MR) is 99.2 cm³/mol. The Hall–Kier alpha value is -0.530. The minimum absolute atomic E-state index is 0.148. The van der Waals surface area contributed by atoms with Gasteiger partial charge in [0.1, 0.15) is 4.32 Å². The van der Waals surface area contributed by atoms with E-state index in [-0.39, 0.29) is 11.7 Å². The first kappa shape index (κ1) is 17.8. The molecular formula is C14H17Cl2N3OS2. The van der Waals surface area contributed by atoms with Crippen LogP contribution >= 0.6 is 47.2 Å². The molecular weight excluding hydrogens is 361 g/mol. The Morgan fingerprint density at radius 2 is 2.00 bits per heavy atom. The van der Waals surface area contributed by atoms with Crippen LogP contribution in [0.2, 0.25) is 10.0 Å². The van der Waals surface area contributed by atoms with Gasteiger partial charge in [0.2, 0.25) is 5.91 Å². The summed E-state index contributed by atoms with van der Waals surface area (Å²) in [6.07, 6.45) is 0. The summed E-state index contributed by atoms with van der Waals surface area (Å²) in [6.45, 7) is 3.80. The fraction of sp³-hybridized carbons (Fsp3) is 0.429. The smallest absolute Gasteiger partial charge is 0.234 e. The zero-order valence-electron chi connectivity index (χ0n) is 12.1. The summed E-state index contributed by atoms with van der Waals surface area (Å²) >= 11 is 18.7. The fourth-order valence-corrected chi connectivity index (χ4v) is 3.38. The molecule has 0 aromatic heterocycles. The second-order valence-corrected chi connectivity index (χ2v) is 7.47. The summed E-state index contributed by atoms with van der Waals surface area (Å²) in [5.41, 5.74) is 0.519. The van der Waals surface area contributed by atoms with E-state index in [2.05, 4.69) is 22.2 Å². The second kappa shape index (κ2) is 8.36. The molecule has 1 aromatic carbocycles. The molecule has 120 valence electrons. The topological polar surface area (TPSA) is 35.6 Å². The van der Waals surface area contributed by atoms with Gasteiger partial charge in [-0.25, -0.2) is 0 Å². The molecule has 22 heavy (non-hydrogen) atoms. The molecule has 0 aliphatic carbocycles. The molecule has 0 spiro atoms. The number of likely N-dealkylation sites (N-methyl/N-ethyl adjacent to an activating group) is 1. The molecule has 2 rings (SSSR count). The number of nitrogens with one attached hydrogen (secondary N) is 1. The number of nitrogens with zero attached hydrogens (tertiary/aromatic N) is 2. The van der Waals surface area contributed by atoms with Crippen molar-refractivity contribution in [3.63, 3.8) is 0 Å². The third kappa shape index (κ3) is 5.28. The number of amides is 1. The van der Waals surface area contributed by atoms with Gasteiger partial charge in [0.25, 0.3) is 0 Å². The number of carbonyl (C=O) groups is 1. The third-order valence-corrected chi connectivity index (χ3v) is 5.38. The Labute approximate surface area is 150 Å². The Morgan fingerprint density at radius 3 is 2.68 bits per heavy atom. The molecule has 1 aliphatic rings. The maximum Gasteiger partial charge on any atom is 0.234 e. The first-order chi connectivity index (χ1) is 10.5. The van der Waals surface area contributed by atoms with E-state index in [0.717, 1.165) is 30.5 Å². The molecule has 1 aromatic rings. The van der Waals surface area contributed by atoms with E-state index in [1.54, 1.807) is 18.2 Å². The van der Waals surface area contributed by atoms with E-state index in [4.69, 9.17) is 35.4 Å². The molecule has 1 aliphatic heterocycles. The highest BCUT2D eigenvalue weighted by Crippen LogP contribution is 2.25. The van der Waals surface area contributed by atoms with Gasteiger partial charge in [-0.3, -0.25) is 4.79 Å². The van der Waals surface area contributed by atoms with Crippen LogP contribution in [0.1, 0.15) is 0 Å². The molecule has 1 heterocycles. The number of thioether (sulfide) groups is 1. The lowest BCUT2D eigenvalue weighted by Gasteiger charge is -2.33. The Bertz CT molecular complexity index is 563. The van der Waals surface area contributed by atoms with Gasteiger partial charge in [0, 0.05) is 31.2 Å². The van der Waals surface area contributed by atoms with Crippen LogP contribution in [-0.4, -0.2) is 59.0 Å². The molecule has 0 unspecified atom stereocenters. The second-order valence-electron chi connectivity index (χ2n) is 5.02. The fourth-order valence-electron chi connectivity index (χ4n) is 1.99. The van der Waals surface area contributed by atoms with Crippen LogP contribution in [0.25, 0.3) is 0 Å². The molecule has 4 nitrogen and oxygen atoms in total. The largest absolute Gasteiger partial charge is 0.355 e. The number of halogens is 2. The highest BCUT2D eigenvalue weighted by molar-refractivity contribution is 8.23. The van der Waals surface area contributed by atoms with Gasteiger partial charge in [0.05, 0.1) is 16.5 Å². The number of benzene rings is 1. The van der Waals surface area contributed by atoms with Gasteiger partial charge in [0.15, 0.2) is 0 Å². The lowest BCUT2D eigenvalue weighted by molar-refractivity contribution is -0.113. The quantitative estimate of drug-likeness (QED) is 0.818. The molecule has 1 N–H and O–H groups in total. The number of piperazine rings is 1. The van der Waals surface area contributed by atoms with Gasteiger partial charge in [-0.1, -0.05) is 47.2 Å². The van der Waals surface area contributed by atoms with Crippen molar-refractivity contribution >= 4 is 63.1 Å². The van der Waals surface area contributed by atoms with Gasteiger partial charge in [-0.05, 0) is 25.2 Å². The molecule has 0 bridgehead atoms. The van der Waals surface area contributed by atoms with Gasteiger partial charge in [-0.15, -0.1) is 0 Å². The van der Waals surface area contributed by atoms with Crippen molar-refractivity contribution in [1.29, 1.82) is 0 Å². The maximum atomic E-state index is 12.0. The van der Waals surface area contributed by atoms with Crippen LogP contribution in [0, 0.1) is 0 Å². The highest BCUT2D eigenvalue weighted by Gasteiger charge is 2.17. The molecule has 0 radical (unpaired) electrons. The van der Waals surface area contributed by atoms with Crippen molar-refractivity contribution in [3.8, 4) is 0 Å². The summed E-state index contributed by atoms with van der Waals surface area (Å²) < 4.78 is 0.764. The average molecular weight is 378 g/mol. The lowest BCUT2D eigenvalue weighted by atomic mass is 10.3. The predicted octanol–water partition coefficient (Wildman–Crippen LogP) is 3.20. The van der Waals surface area contributed by atoms with Crippen LogP contribution in [-0.2, 0) is 4.79 Å². The van der Waals surface area contributed by atoms with E-state index in [9.17, 15) is 4.79 Å². The van der Waals surface area contributed by atoms with Crippen LogP contribution in [0.5, 0.6) is 0 Å². The summed E-state index contributed by atoms with van der Waals surface area (Å²) in [4.78, 5) is 16.4. The van der Waals surface area contributed by atoms with Crippen molar-refractivity contribution in [2.75, 3.05) is 44.3 Å². The first-order valence-electron chi connectivity index (χ1n) is 6.81. The van der Waals surface area contributed by atoms with Crippen molar-refractivity contribution in [1.82, 2.24) is 9.80 Å². The number of rotatable bonds is 3. The average Bonchev–Trinajstić information content (AvgIpc) is 2.49. The number of carbonyl (C=O) groups excluding carboxylic acids is 1. The van der Waals surface area contributed by atoms with Crippen LogP contribution in [0.15, 0.2) is 18.2 Å². The molecule has 8 heteroatoms. The maximum absolute atomic E-state index is 12.0. The van der Waals surface area contributed by atoms with Crippen molar-refractivity contribution in [3.05, 3.63) is 28.2 Å². The minimum atomic E-state index is -0.148. The lowest BCUT2D eigenvalue weighted by Crippen LogP contribution is -2.46. The van der Waals surface area contributed by atoms with E-state index in [1.165, 1.54) is 11.8 Å². The van der Waals surface area contributed by atoms with E-state index >= 15 is 0 Å². The van der Waals surface area contributed by atoms with Crippen LogP contribution in [0.4, 0.5) is 5.69 Å². The standard InChI is InChI=1S/C14H17Cl2N3OS2/c1-18-4-6-19(7-5-18)14(21)22-9-13(20)17-12-8-10(15)2-3-11(12)16/h2-3,8H,4-7,9H2,1H3,(H,17,20). The number of hydrogen-bond acceptors (Lipinski definition) is 4. The first-order valence-corrected chi connectivity index (χ1v) is 8.96. The van der Waals surface area contributed by atoms with E-state index in [0.29, 0.717) is 15.7 Å². The summed E-state index contributed by atoms with van der Waals surface area (Å²) in [6, 6.07) is 4.96. The molecule has 0 atom stereocenters. The van der Waals surface area contributed by atoms with Crippen LogP contribution in [0.3, 0.4) is 0 Å². The zero-order valence-corrected chi connectivity index (χ0v) is 15.3. The van der Waals surface area contributed by atoms with Crippen molar-refractivity contribution in [2.45, 2.75) is 0 Å². The Kier molecular flexibility index (Phi) is 6.77. The summed E-state index contributed by atoms with van der Waals surface area (Å²) in [5, 5.41) is 3.74. The van der Waals surface area contributed by atoms with Crippen LogP contribution < -0.4 is 5.32 Å². The Morgan fingerprint density at radius 1 is 1.32 bits per heavy atom. The third-order valence-electron chi connectivity index (χ3n) is 3.29. The van der Waals surface area contributed by atoms with E-state index in [1.807, 2.05) is 0 Å². The minimum Gasteiger partial charge on any atom is -0.355 e. The molecule has 1 saturated heterocycles. The monoisotopic (exact) mass is 377 g/mol. The highest BCUT2D eigenvalue weighted by atomic mass is 35.5. The summed E-state index contributed by atoms with van der Waals surface area (Å²) in [5.74, 6) is 0.110. The van der Waals surface area contributed by atoms with Gasteiger partial charge < -0.3 is 15.1 Å². The van der Waals surface area contributed by atoms with Crippen molar-refractivity contribution in [2.24, 2.45) is 0 Å². The van der Waals surface area contributed by atoms with E-state index < -0.39 is 0 Å². The number of thiocarbonyl (C=S) groups is 1. The molecule has 0 saturated carbocycles. The normalized spacial score (nSPS) is 15.7. The number of anilines is 1. The van der Waals surface area contributed by atoms with Gasteiger partial charge >= 0.3 is 0 Å². The SMILES string of the molecule is CN1CCN(C(=S)SCC(=O)Nc2cc(Cl)ccc2Cl)CC1.